The molecule has 1 heterocycles. The van der Waals surface area contributed by atoms with Crippen LogP contribution in [0.1, 0.15) is 52.5 Å². The molecule has 0 aliphatic heterocycles. The zero-order chi connectivity index (χ0) is 18.7. The molecule has 0 saturated heterocycles. The fraction of sp³-hybridized carbons (Fsp3) is 0.550. The number of rotatable bonds is 5. The first-order valence-corrected chi connectivity index (χ1v) is 10.4. The van der Waals surface area contributed by atoms with Crippen LogP contribution in [0.3, 0.4) is 0 Å². The molecule has 6 heteroatoms. The minimum Gasteiger partial charge on any atom is -0.352 e. The lowest BCUT2D eigenvalue weighted by Gasteiger charge is -2.29. The van der Waals surface area contributed by atoms with Crippen molar-refractivity contribution in [2.45, 2.75) is 63.7 Å². The third kappa shape index (κ3) is 4.11. The van der Waals surface area contributed by atoms with E-state index in [2.05, 4.69) is 17.2 Å². The van der Waals surface area contributed by atoms with Crippen molar-refractivity contribution in [3.8, 4) is 0 Å². The number of carbonyl (C=O) groups is 1. The van der Waals surface area contributed by atoms with Gasteiger partial charge < -0.3 is 5.32 Å². The van der Waals surface area contributed by atoms with Crippen LogP contribution in [0.4, 0.5) is 0 Å². The van der Waals surface area contributed by atoms with E-state index in [1.165, 1.54) is 31.0 Å². The standard InChI is InChI=1S/C20H27N3O2S/c1-13(2)23-19(25)15-9-5-7-11-17(15)22-20(23)26-12-18(24)21-16-10-6-4-8-14(16)3/h5,7,9,11,13-14,16H,4,6,8,10,12H2,1-3H3,(H,21,24)/t14-,16-/m0/s1. The first-order chi connectivity index (χ1) is 12.5. The number of fused-ring (bicyclic) bond motifs is 1. The first-order valence-electron chi connectivity index (χ1n) is 9.41. The molecule has 1 aromatic heterocycles. The normalized spacial score (nSPS) is 20.5. The van der Waals surface area contributed by atoms with E-state index >= 15 is 0 Å². The molecule has 5 nitrogen and oxygen atoms in total. The number of hydrogen-bond donors (Lipinski definition) is 1. The maximum absolute atomic E-state index is 12.8. The molecular formula is C20H27N3O2S. The van der Waals surface area contributed by atoms with Crippen molar-refractivity contribution in [2.24, 2.45) is 5.92 Å². The number of carbonyl (C=O) groups excluding carboxylic acids is 1. The second kappa shape index (κ2) is 8.25. The van der Waals surface area contributed by atoms with E-state index in [1.807, 2.05) is 32.0 Å². The number of para-hydroxylation sites is 1. The van der Waals surface area contributed by atoms with Gasteiger partial charge in [-0.3, -0.25) is 14.2 Å². The molecule has 1 fully saturated rings. The maximum Gasteiger partial charge on any atom is 0.262 e. The lowest BCUT2D eigenvalue weighted by Crippen LogP contribution is -2.42. The Morgan fingerprint density at radius 3 is 2.77 bits per heavy atom. The van der Waals surface area contributed by atoms with E-state index in [9.17, 15) is 9.59 Å². The highest BCUT2D eigenvalue weighted by atomic mass is 32.2. The van der Waals surface area contributed by atoms with Gasteiger partial charge in [-0.25, -0.2) is 4.98 Å². The summed E-state index contributed by atoms with van der Waals surface area (Å²) in [5, 5.41) is 4.39. The number of nitrogens with zero attached hydrogens (tertiary/aromatic N) is 2. The van der Waals surface area contributed by atoms with Gasteiger partial charge in [0.2, 0.25) is 5.91 Å². The van der Waals surface area contributed by atoms with Crippen molar-refractivity contribution in [3.63, 3.8) is 0 Å². The van der Waals surface area contributed by atoms with Gasteiger partial charge in [0.05, 0.1) is 16.7 Å². The molecule has 3 rings (SSSR count). The Bertz CT molecular complexity index is 847. The molecule has 140 valence electrons. The first kappa shape index (κ1) is 19.0. The fourth-order valence-corrected chi connectivity index (χ4v) is 4.53. The summed E-state index contributed by atoms with van der Waals surface area (Å²) in [5.74, 6) is 0.831. The Morgan fingerprint density at radius 1 is 1.31 bits per heavy atom. The SMILES string of the molecule is CC(C)n1c(SCC(=O)N[C@H]2CCCC[C@@H]2C)nc2ccccc2c1=O. The molecule has 0 bridgehead atoms. The van der Waals surface area contributed by atoms with E-state index in [0.29, 0.717) is 22.0 Å². The molecule has 1 aliphatic carbocycles. The molecule has 0 spiro atoms. The largest absolute Gasteiger partial charge is 0.352 e. The molecule has 0 radical (unpaired) electrons. The number of benzene rings is 1. The van der Waals surface area contributed by atoms with Gasteiger partial charge in [0.1, 0.15) is 0 Å². The van der Waals surface area contributed by atoms with Crippen molar-refractivity contribution in [1.29, 1.82) is 0 Å². The summed E-state index contributed by atoms with van der Waals surface area (Å²) in [6, 6.07) is 7.63. The minimum absolute atomic E-state index is 0.0106. The zero-order valence-corrected chi connectivity index (χ0v) is 16.5. The smallest absolute Gasteiger partial charge is 0.262 e. The van der Waals surface area contributed by atoms with Gasteiger partial charge in [0, 0.05) is 12.1 Å². The highest BCUT2D eigenvalue weighted by Crippen LogP contribution is 2.24. The molecule has 26 heavy (non-hydrogen) atoms. The fourth-order valence-electron chi connectivity index (χ4n) is 3.59. The third-order valence-electron chi connectivity index (χ3n) is 5.08. The molecular weight excluding hydrogens is 346 g/mol. The van der Waals surface area contributed by atoms with Crippen LogP contribution in [0.5, 0.6) is 0 Å². The quantitative estimate of drug-likeness (QED) is 0.640. The molecule has 1 amide bonds. The lowest BCUT2D eigenvalue weighted by atomic mass is 9.86. The highest BCUT2D eigenvalue weighted by Gasteiger charge is 2.23. The summed E-state index contributed by atoms with van der Waals surface area (Å²) < 4.78 is 1.68. The second-order valence-electron chi connectivity index (χ2n) is 7.40. The van der Waals surface area contributed by atoms with E-state index in [4.69, 9.17) is 0 Å². The van der Waals surface area contributed by atoms with Crippen molar-refractivity contribution in [2.75, 3.05) is 5.75 Å². The van der Waals surface area contributed by atoms with Crippen LogP contribution >= 0.6 is 11.8 Å². The number of aromatic nitrogens is 2. The molecule has 1 N–H and O–H groups in total. The number of amides is 1. The zero-order valence-electron chi connectivity index (χ0n) is 15.7. The van der Waals surface area contributed by atoms with Crippen LogP contribution in [0, 0.1) is 5.92 Å². The van der Waals surface area contributed by atoms with Gasteiger partial charge in [0.15, 0.2) is 5.16 Å². The Hall–Kier alpha value is -1.82. The van der Waals surface area contributed by atoms with Crippen LogP contribution < -0.4 is 10.9 Å². The van der Waals surface area contributed by atoms with E-state index in [-0.39, 0.29) is 29.3 Å². The second-order valence-corrected chi connectivity index (χ2v) is 8.35. The number of thioether (sulfide) groups is 1. The van der Waals surface area contributed by atoms with Crippen LogP contribution in [-0.2, 0) is 4.79 Å². The van der Waals surface area contributed by atoms with Crippen LogP contribution in [0.2, 0.25) is 0 Å². The van der Waals surface area contributed by atoms with Gasteiger partial charge >= 0.3 is 0 Å². The van der Waals surface area contributed by atoms with Crippen molar-refractivity contribution in [1.82, 2.24) is 14.9 Å². The number of hydrogen-bond acceptors (Lipinski definition) is 4. The summed E-state index contributed by atoms with van der Waals surface area (Å²) in [7, 11) is 0. The van der Waals surface area contributed by atoms with Gasteiger partial charge in [-0.15, -0.1) is 0 Å². The maximum atomic E-state index is 12.8. The summed E-state index contributed by atoms with van der Waals surface area (Å²) in [5.41, 5.74) is 0.632. The number of nitrogens with one attached hydrogen (secondary N) is 1. The highest BCUT2D eigenvalue weighted by molar-refractivity contribution is 7.99. The lowest BCUT2D eigenvalue weighted by molar-refractivity contribution is -0.119. The van der Waals surface area contributed by atoms with Gasteiger partial charge in [0.25, 0.3) is 5.56 Å². The van der Waals surface area contributed by atoms with Crippen molar-refractivity contribution >= 4 is 28.6 Å². The van der Waals surface area contributed by atoms with Crippen LogP contribution in [-0.4, -0.2) is 27.3 Å². The Kier molecular flexibility index (Phi) is 6.01. The summed E-state index contributed by atoms with van der Waals surface area (Å²) in [6.07, 6.45) is 4.67. The predicted octanol–water partition coefficient (Wildman–Crippen LogP) is 3.76. The summed E-state index contributed by atoms with van der Waals surface area (Å²) in [4.78, 5) is 29.9. The van der Waals surface area contributed by atoms with Crippen LogP contribution in [0.25, 0.3) is 10.9 Å². The monoisotopic (exact) mass is 373 g/mol. The van der Waals surface area contributed by atoms with E-state index in [1.54, 1.807) is 10.6 Å². The predicted molar refractivity (Wildman–Crippen MR) is 107 cm³/mol. The Labute approximate surface area is 158 Å². The molecule has 1 aliphatic rings. The van der Waals surface area contributed by atoms with E-state index < -0.39 is 0 Å². The minimum atomic E-state index is -0.0468. The molecule has 1 aromatic carbocycles. The molecule has 2 atom stereocenters. The van der Waals surface area contributed by atoms with Crippen molar-refractivity contribution < 1.29 is 4.79 Å². The van der Waals surface area contributed by atoms with Gasteiger partial charge in [-0.1, -0.05) is 43.7 Å². The summed E-state index contributed by atoms with van der Waals surface area (Å²) in [6.45, 7) is 6.13. The third-order valence-corrected chi connectivity index (χ3v) is 6.03. The molecule has 2 aromatic rings. The van der Waals surface area contributed by atoms with Crippen molar-refractivity contribution in [3.05, 3.63) is 34.6 Å². The van der Waals surface area contributed by atoms with Crippen LogP contribution in [0.15, 0.2) is 34.2 Å². The average Bonchev–Trinajstić information content (AvgIpc) is 2.61. The van der Waals surface area contributed by atoms with Gasteiger partial charge in [-0.2, -0.15) is 0 Å². The Balaban J connectivity index is 1.76. The van der Waals surface area contributed by atoms with E-state index in [0.717, 1.165) is 6.42 Å². The summed E-state index contributed by atoms with van der Waals surface area (Å²) >= 11 is 1.34. The average molecular weight is 374 g/mol. The molecule has 0 unspecified atom stereocenters. The van der Waals surface area contributed by atoms with Gasteiger partial charge in [-0.05, 0) is 44.7 Å². The Morgan fingerprint density at radius 2 is 2.04 bits per heavy atom. The molecule has 1 saturated carbocycles. The topological polar surface area (TPSA) is 64.0 Å².